The Morgan fingerprint density at radius 1 is 1.33 bits per heavy atom. The highest BCUT2D eigenvalue weighted by molar-refractivity contribution is 5.48. The summed E-state index contributed by atoms with van der Waals surface area (Å²) in [4.78, 5) is 8.76. The Hall–Kier alpha value is -1.75. The average Bonchev–Trinajstić information content (AvgIpc) is 2.87. The molecule has 1 unspecified atom stereocenters. The first-order chi connectivity index (χ1) is 10.1. The molecule has 0 bridgehead atoms. The second-order valence-corrected chi connectivity index (χ2v) is 5.82. The molecule has 1 atom stereocenters. The van der Waals surface area contributed by atoms with Gasteiger partial charge in [-0.1, -0.05) is 25.9 Å². The van der Waals surface area contributed by atoms with E-state index in [4.69, 9.17) is 4.52 Å². The summed E-state index contributed by atoms with van der Waals surface area (Å²) in [5.41, 5.74) is 1.89. The molecule has 0 saturated heterocycles. The van der Waals surface area contributed by atoms with Gasteiger partial charge in [-0.25, -0.2) is 0 Å². The van der Waals surface area contributed by atoms with Crippen LogP contribution in [0, 0.1) is 12.8 Å². The van der Waals surface area contributed by atoms with Crippen molar-refractivity contribution >= 4 is 0 Å². The maximum absolute atomic E-state index is 5.38. The van der Waals surface area contributed by atoms with Gasteiger partial charge in [-0.3, -0.25) is 4.98 Å². The van der Waals surface area contributed by atoms with E-state index in [2.05, 4.69) is 41.2 Å². The predicted octanol–water partition coefficient (Wildman–Crippen LogP) is 3.01. The van der Waals surface area contributed by atoms with E-state index >= 15 is 0 Å². The van der Waals surface area contributed by atoms with Crippen molar-refractivity contribution in [2.75, 3.05) is 6.54 Å². The molecule has 2 aromatic heterocycles. The maximum atomic E-state index is 5.38. The van der Waals surface area contributed by atoms with E-state index in [0.29, 0.717) is 23.7 Å². The summed E-state index contributed by atoms with van der Waals surface area (Å²) >= 11 is 0. The second-order valence-electron chi connectivity index (χ2n) is 5.82. The zero-order valence-corrected chi connectivity index (χ0v) is 13.3. The van der Waals surface area contributed by atoms with Gasteiger partial charge >= 0.3 is 0 Å². The first-order valence-electron chi connectivity index (χ1n) is 7.57. The van der Waals surface area contributed by atoms with Crippen LogP contribution >= 0.6 is 0 Å². The number of pyridine rings is 1. The third kappa shape index (κ3) is 4.63. The summed E-state index contributed by atoms with van der Waals surface area (Å²) in [7, 11) is 0. The molecule has 0 radical (unpaired) electrons. The Morgan fingerprint density at radius 3 is 2.81 bits per heavy atom. The van der Waals surface area contributed by atoms with E-state index in [9.17, 15) is 0 Å². The molecule has 0 aromatic carbocycles. The molecular weight excluding hydrogens is 264 g/mol. The number of nitrogens with zero attached hydrogens (tertiary/aromatic N) is 3. The summed E-state index contributed by atoms with van der Waals surface area (Å²) in [6, 6.07) is 4.28. The van der Waals surface area contributed by atoms with Crippen molar-refractivity contribution in [1.29, 1.82) is 0 Å². The smallest absolute Gasteiger partial charge is 0.228 e. The van der Waals surface area contributed by atoms with Crippen LogP contribution in [-0.2, 0) is 6.42 Å². The van der Waals surface area contributed by atoms with Crippen LogP contribution in [0.15, 0.2) is 22.9 Å². The molecule has 0 saturated carbocycles. The topological polar surface area (TPSA) is 63.8 Å². The highest BCUT2D eigenvalue weighted by atomic mass is 16.5. The van der Waals surface area contributed by atoms with Crippen molar-refractivity contribution in [3.05, 3.63) is 29.8 Å². The lowest BCUT2D eigenvalue weighted by Gasteiger charge is -2.17. The molecule has 114 valence electrons. The fraction of sp³-hybridized carbons (Fsp3) is 0.562. The Kier molecular flexibility index (Phi) is 5.44. The van der Waals surface area contributed by atoms with Crippen LogP contribution in [-0.4, -0.2) is 27.7 Å². The number of hydrogen-bond donors (Lipinski definition) is 1. The minimum atomic E-state index is 0.369. The standard InChI is InChI=1S/C16H24N4O/c1-5-17-13(8-11(2)3)10-15-19-16(20-21-15)14-9-12(4)6-7-18-14/h6-7,9,11,13,17H,5,8,10H2,1-4H3. The van der Waals surface area contributed by atoms with Crippen LogP contribution in [0.2, 0.25) is 0 Å². The number of rotatable bonds is 7. The fourth-order valence-corrected chi connectivity index (χ4v) is 2.41. The van der Waals surface area contributed by atoms with Gasteiger partial charge in [0.05, 0.1) is 0 Å². The Morgan fingerprint density at radius 2 is 2.14 bits per heavy atom. The van der Waals surface area contributed by atoms with Gasteiger partial charge < -0.3 is 9.84 Å². The zero-order valence-electron chi connectivity index (χ0n) is 13.3. The molecule has 0 aliphatic carbocycles. The van der Waals surface area contributed by atoms with Gasteiger partial charge in [0, 0.05) is 18.7 Å². The lowest BCUT2D eigenvalue weighted by atomic mass is 10.0. The molecule has 2 rings (SSSR count). The Bertz CT molecular complexity index is 565. The van der Waals surface area contributed by atoms with Crippen molar-refractivity contribution in [3.63, 3.8) is 0 Å². The molecule has 0 spiro atoms. The van der Waals surface area contributed by atoms with Gasteiger partial charge in [0.25, 0.3) is 0 Å². The van der Waals surface area contributed by atoms with E-state index in [1.807, 2.05) is 19.1 Å². The zero-order chi connectivity index (χ0) is 15.2. The Balaban J connectivity index is 2.08. The van der Waals surface area contributed by atoms with Crippen LogP contribution in [0.25, 0.3) is 11.5 Å². The summed E-state index contributed by atoms with van der Waals surface area (Å²) in [6.07, 6.45) is 3.61. The van der Waals surface area contributed by atoms with Crippen molar-refractivity contribution < 1.29 is 4.52 Å². The van der Waals surface area contributed by atoms with E-state index in [-0.39, 0.29) is 0 Å². The first-order valence-corrected chi connectivity index (χ1v) is 7.57. The number of nitrogens with one attached hydrogen (secondary N) is 1. The summed E-state index contributed by atoms with van der Waals surface area (Å²) in [5.74, 6) is 1.86. The van der Waals surface area contributed by atoms with Crippen LogP contribution < -0.4 is 5.32 Å². The molecule has 0 fully saturated rings. The maximum Gasteiger partial charge on any atom is 0.228 e. The minimum Gasteiger partial charge on any atom is -0.339 e. The first kappa shape index (κ1) is 15.6. The van der Waals surface area contributed by atoms with Gasteiger partial charge in [-0.2, -0.15) is 4.98 Å². The van der Waals surface area contributed by atoms with Crippen molar-refractivity contribution in [1.82, 2.24) is 20.4 Å². The van der Waals surface area contributed by atoms with Crippen molar-refractivity contribution in [2.24, 2.45) is 5.92 Å². The summed E-state index contributed by atoms with van der Waals surface area (Å²) in [6.45, 7) is 9.53. The number of aryl methyl sites for hydroxylation is 1. The van der Waals surface area contributed by atoms with Gasteiger partial charge in [0.2, 0.25) is 11.7 Å². The van der Waals surface area contributed by atoms with Crippen molar-refractivity contribution in [2.45, 2.75) is 46.6 Å². The normalized spacial score (nSPS) is 12.8. The molecule has 21 heavy (non-hydrogen) atoms. The lowest BCUT2D eigenvalue weighted by molar-refractivity contribution is 0.340. The molecule has 1 N–H and O–H groups in total. The molecule has 0 aliphatic rings. The average molecular weight is 288 g/mol. The van der Waals surface area contributed by atoms with Crippen LogP contribution in [0.3, 0.4) is 0 Å². The van der Waals surface area contributed by atoms with Gasteiger partial charge in [0.1, 0.15) is 5.69 Å². The van der Waals surface area contributed by atoms with Crippen molar-refractivity contribution in [3.8, 4) is 11.5 Å². The molecule has 0 aliphatic heterocycles. The third-order valence-corrected chi connectivity index (χ3v) is 3.28. The lowest BCUT2D eigenvalue weighted by Crippen LogP contribution is -2.32. The van der Waals surface area contributed by atoms with Crippen LogP contribution in [0.1, 0.15) is 38.6 Å². The molecule has 0 amide bonds. The third-order valence-electron chi connectivity index (χ3n) is 3.28. The van der Waals surface area contributed by atoms with E-state index in [1.165, 1.54) is 0 Å². The highest BCUT2D eigenvalue weighted by Gasteiger charge is 2.16. The van der Waals surface area contributed by atoms with Gasteiger partial charge in [-0.05, 0) is 43.5 Å². The highest BCUT2D eigenvalue weighted by Crippen LogP contribution is 2.16. The number of likely N-dealkylation sites (N-methyl/N-ethyl adjacent to an activating group) is 1. The molecular formula is C16H24N4O. The largest absolute Gasteiger partial charge is 0.339 e. The molecule has 2 heterocycles. The minimum absolute atomic E-state index is 0.369. The number of aromatic nitrogens is 3. The van der Waals surface area contributed by atoms with E-state index in [0.717, 1.165) is 30.6 Å². The SMILES string of the molecule is CCNC(Cc1nc(-c2cc(C)ccn2)no1)CC(C)C. The second kappa shape index (κ2) is 7.31. The summed E-state index contributed by atoms with van der Waals surface area (Å²) < 4.78 is 5.38. The van der Waals surface area contributed by atoms with Crippen LogP contribution in [0.4, 0.5) is 0 Å². The van der Waals surface area contributed by atoms with Crippen LogP contribution in [0.5, 0.6) is 0 Å². The monoisotopic (exact) mass is 288 g/mol. The van der Waals surface area contributed by atoms with E-state index < -0.39 is 0 Å². The quantitative estimate of drug-likeness (QED) is 0.848. The summed E-state index contributed by atoms with van der Waals surface area (Å²) in [5, 5.41) is 7.52. The van der Waals surface area contributed by atoms with Gasteiger partial charge in [0.15, 0.2) is 0 Å². The fourth-order valence-electron chi connectivity index (χ4n) is 2.41. The molecule has 5 heteroatoms. The predicted molar refractivity (Wildman–Crippen MR) is 82.9 cm³/mol. The molecule has 5 nitrogen and oxygen atoms in total. The number of hydrogen-bond acceptors (Lipinski definition) is 5. The van der Waals surface area contributed by atoms with E-state index in [1.54, 1.807) is 6.20 Å². The Labute approximate surface area is 126 Å². The molecule has 2 aromatic rings. The van der Waals surface area contributed by atoms with Gasteiger partial charge in [-0.15, -0.1) is 0 Å².